The standard InChI is InChI=1S/C19H25N3O2/c1-17-6-13-7-18(2,10-17)12-19(8-13,11-17)16(24)22-21-15(23)14-4-3-5-20-9-14/h3-5,9,13H,6-8,10-12H2,1-2H3,(H,21,23)(H,22,24)/t13?,17-,18-,19?/m1/s1. The van der Waals surface area contributed by atoms with Crippen molar-refractivity contribution in [2.75, 3.05) is 0 Å². The van der Waals surface area contributed by atoms with Crippen molar-refractivity contribution in [1.29, 1.82) is 0 Å². The summed E-state index contributed by atoms with van der Waals surface area (Å²) >= 11 is 0. The molecule has 5 rings (SSSR count). The van der Waals surface area contributed by atoms with Crippen molar-refractivity contribution in [1.82, 2.24) is 15.8 Å². The topological polar surface area (TPSA) is 71.1 Å². The summed E-state index contributed by atoms with van der Waals surface area (Å²) in [5, 5.41) is 0. The first-order valence-corrected chi connectivity index (χ1v) is 8.83. The Morgan fingerprint density at radius 1 is 1.08 bits per heavy atom. The molecule has 5 heteroatoms. The lowest BCUT2D eigenvalue weighted by molar-refractivity contribution is -0.170. The molecule has 0 aromatic carbocycles. The van der Waals surface area contributed by atoms with E-state index in [0.29, 0.717) is 11.5 Å². The van der Waals surface area contributed by atoms with Crippen LogP contribution in [0.25, 0.3) is 0 Å². The van der Waals surface area contributed by atoms with E-state index < -0.39 is 0 Å². The van der Waals surface area contributed by atoms with Gasteiger partial charge in [-0.25, -0.2) is 0 Å². The van der Waals surface area contributed by atoms with Crippen LogP contribution in [-0.2, 0) is 4.79 Å². The number of pyridine rings is 1. The minimum absolute atomic E-state index is 0.0127. The molecule has 1 aromatic heterocycles. The molecule has 0 aliphatic heterocycles. The largest absolute Gasteiger partial charge is 0.273 e. The Morgan fingerprint density at radius 3 is 2.38 bits per heavy atom. The van der Waals surface area contributed by atoms with Crippen LogP contribution in [0, 0.1) is 22.2 Å². The predicted octanol–water partition coefficient (Wildman–Crippen LogP) is 2.84. The summed E-state index contributed by atoms with van der Waals surface area (Å²) in [5.74, 6) is 0.316. The van der Waals surface area contributed by atoms with Gasteiger partial charge < -0.3 is 0 Å². The maximum absolute atomic E-state index is 13.0. The molecule has 0 unspecified atom stereocenters. The van der Waals surface area contributed by atoms with E-state index in [2.05, 4.69) is 29.7 Å². The molecule has 2 atom stereocenters. The Kier molecular flexibility index (Phi) is 3.28. The molecular formula is C19H25N3O2. The van der Waals surface area contributed by atoms with Crippen molar-refractivity contribution in [3.8, 4) is 0 Å². The van der Waals surface area contributed by atoms with Gasteiger partial charge in [0.1, 0.15) is 0 Å². The summed E-state index contributed by atoms with van der Waals surface area (Å²) in [6.07, 6.45) is 9.70. The van der Waals surface area contributed by atoms with Crippen molar-refractivity contribution < 1.29 is 9.59 Å². The maximum Gasteiger partial charge on any atom is 0.271 e. The molecule has 24 heavy (non-hydrogen) atoms. The lowest BCUT2D eigenvalue weighted by atomic mass is 9.40. The van der Waals surface area contributed by atoms with E-state index in [1.54, 1.807) is 18.3 Å². The first kappa shape index (κ1) is 15.6. The van der Waals surface area contributed by atoms with E-state index in [-0.39, 0.29) is 28.1 Å². The van der Waals surface area contributed by atoms with Crippen LogP contribution >= 0.6 is 0 Å². The number of carbonyl (C=O) groups excluding carboxylic acids is 2. The summed E-state index contributed by atoms with van der Waals surface area (Å²) in [4.78, 5) is 29.0. The van der Waals surface area contributed by atoms with Crippen molar-refractivity contribution in [2.24, 2.45) is 22.2 Å². The molecule has 0 saturated heterocycles. The second-order valence-electron chi connectivity index (χ2n) is 9.06. The molecule has 5 nitrogen and oxygen atoms in total. The van der Waals surface area contributed by atoms with E-state index in [4.69, 9.17) is 0 Å². The van der Waals surface area contributed by atoms with Gasteiger partial charge in [0, 0.05) is 12.4 Å². The van der Waals surface area contributed by atoms with Gasteiger partial charge in [-0.2, -0.15) is 0 Å². The lowest BCUT2D eigenvalue weighted by Crippen LogP contribution is -2.61. The number of hydrogen-bond donors (Lipinski definition) is 2. The zero-order valence-corrected chi connectivity index (χ0v) is 14.4. The normalized spacial score (nSPS) is 39.5. The van der Waals surface area contributed by atoms with E-state index in [1.807, 2.05) is 0 Å². The first-order chi connectivity index (χ1) is 11.3. The summed E-state index contributed by atoms with van der Waals surface area (Å²) in [7, 11) is 0. The number of carbonyl (C=O) groups is 2. The molecule has 0 radical (unpaired) electrons. The highest BCUT2D eigenvalue weighted by molar-refractivity contribution is 5.95. The number of amides is 2. The van der Waals surface area contributed by atoms with Gasteiger partial charge in [-0.1, -0.05) is 13.8 Å². The molecule has 2 amide bonds. The lowest BCUT2D eigenvalue weighted by Gasteiger charge is -2.64. The van der Waals surface area contributed by atoms with Crippen LogP contribution in [0.3, 0.4) is 0 Å². The number of aromatic nitrogens is 1. The fourth-order valence-corrected chi connectivity index (χ4v) is 6.52. The molecule has 4 bridgehead atoms. The minimum atomic E-state index is -0.321. The van der Waals surface area contributed by atoms with Crippen LogP contribution in [0.1, 0.15) is 62.7 Å². The van der Waals surface area contributed by atoms with Crippen molar-refractivity contribution in [3.63, 3.8) is 0 Å². The fourth-order valence-electron chi connectivity index (χ4n) is 6.52. The second-order valence-corrected chi connectivity index (χ2v) is 9.06. The Hall–Kier alpha value is -1.91. The Morgan fingerprint density at radius 2 is 1.79 bits per heavy atom. The Bertz CT molecular complexity index is 669. The Labute approximate surface area is 142 Å². The van der Waals surface area contributed by atoms with E-state index in [9.17, 15) is 9.59 Å². The van der Waals surface area contributed by atoms with Gasteiger partial charge in [0.25, 0.3) is 5.91 Å². The third-order valence-electron chi connectivity index (χ3n) is 6.32. The van der Waals surface area contributed by atoms with Crippen LogP contribution < -0.4 is 10.9 Å². The SMILES string of the molecule is C[C@]12CC3CC(C(=O)NNC(=O)c4cccnc4)(C1)C[C@](C)(C3)C2. The van der Waals surface area contributed by atoms with E-state index in [1.165, 1.54) is 25.5 Å². The number of nitrogens with zero attached hydrogens (tertiary/aromatic N) is 1. The van der Waals surface area contributed by atoms with Crippen molar-refractivity contribution in [2.45, 2.75) is 52.4 Å². The summed E-state index contributed by atoms with van der Waals surface area (Å²) in [5.41, 5.74) is 5.96. The molecule has 1 aromatic rings. The van der Waals surface area contributed by atoms with Crippen molar-refractivity contribution in [3.05, 3.63) is 30.1 Å². The number of hydrogen-bond acceptors (Lipinski definition) is 3. The van der Waals surface area contributed by atoms with Gasteiger partial charge in [0.15, 0.2) is 0 Å². The molecule has 4 aliphatic carbocycles. The van der Waals surface area contributed by atoms with Crippen LogP contribution in [0.4, 0.5) is 0 Å². The van der Waals surface area contributed by atoms with Crippen LogP contribution in [0.2, 0.25) is 0 Å². The highest BCUT2D eigenvalue weighted by atomic mass is 16.2. The van der Waals surface area contributed by atoms with Crippen LogP contribution in [0.5, 0.6) is 0 Å². The van der Waals surface area contributed by atoms with Gasteiger partial charge in [-0.15, -0.1) is 0 Å². The van der Waals surface area contributed by atoms with Crippen LogP contribution in [-0.4, -0.2) is 16.8 Å². The Balaban J connectivity index is 1.48. The van der Waals surface area contributed by atoms with Gasteiger partial charge in [0.2, 0.25) is 5.91 Å². The quantitative estimate of drug-likeness (QED) is 0.821. The number of hydrazine groups is 1. The highest BCUT2D eigenvalue weighted by Crippen LogP contribution is 2.69. The molecule has 2 N–H and O–H groups in total. The molecule has 4 aliphatic rings. The summed E-state index contributed by atoms with van der Waals surface area (Å²) in [6, 6.07) is 3.39. The maximum atomic E-state index is 13.0. The second kappa shape index (κ2) is 5.04. The van der Waals surface area contributed by atoms with Gasteiger partial charge in [0.05, 0.1) is 11.0 Å². The van der Waals surface area contributed by atoms with Crippen molar-refractivity contribution >= 4 is 11.8 Å². The highest BCUT2D eigenvalue weighted by Gasteiger charge is 2.62. The smallest absolute Gasteiger partial charge is 0.271 e. The fraction of sp³-hybridized carbons (Fsp3) is 0.632. The van der Waals surface area contributed by atoms with Gasteiger partial charge in [-0.3, -0.25) is 25.4 Å². The van der Waals surface area contributed by atoms with Crippen LogP contribution in [0.15, 0.2) is 24.5 Å². The summed E-state index contributed by atoms with van der Waals surface area (Å²) < 4.78 is 0. The number of rotatable bonds is 2. The monoisotopic (exact) mass is 327 g/mol. The molecule has 128 valence electrons. The summed E-state index contributed by atoms with van der Waals surface area (Å²) in [6.45, 7) is 4.68. The average molecular weight is 327 g/mol. The number of nitrogens with one attached hydrogen (secondary N) is 2. The first-order valence-electron chi connectivity index (χ1n) is 8.83. The molecule has 0 spiro atoms. The van der Waals surface area contributed by atoms with E-state index >= 15 is 0 Å². The predicted molar refractivity (Wildman–Crippen MR) is 89.7 cm³/mol. The molecule has 4 fully saturated rings. The minimum Gasteiger partial charge on any atom is -0.273 e. The molecular weight excluding hydrogens is 302 g/mol. The third kappa shape index (κ3) is 2.50. The van der Waals surface area contributed by atoms with E-state index in [0.717, 1.165) is 19.3 Å². The average Bonchev–Trinajstić information content (AvgIpc) is 2.49. The van der Waals surface area contributed by atoms with Gasteiger partial charge in [-0.05, 0) is 67.4 Å². The van der Waals surface area contributed by atoms with Gasteiger partial charge >= 0.3 is 0 Å². The molecule has 1 heterocycles. The zero-order valence-electron chi connectivity index (χ0n) is 14.4. The molecule has 4 saturated carbocycles. The zero-order chi connectivity index (χ0) is 17.0. The third-order valence-corrected chi connectivity index (χ3v) is 6.32.